The summed E-state index contributed by atoms with van der Waals surface area (Å²) in [5.74, 6) is 0. The molecule has 0 saturated carbocycles. The lowest BCUT2D eigenvalue weighted by atomic mass is 10.1. The van der Waals surface area contributed by atoms with Crippen molar-refractivity contribution in [2.45, 2.75) is 0 Å². The van der Waals surface area contributed by atoms with Gasteiger partial charge in [-0.1, -0.05) is 12.2 Å². The van der Waals surface area contributed by atoms with Crippen LogP contribution >= 0.6 is 0 Å². The van der Waals surface area contributed by atoms with Crippen LogP contribution in [0.3, 0.4) is 0 Å². The van der Waals surface area contributed by atoms with Crippen LogP contribution in [0.4, 0.5) is 0 Å². The highest BCUT2D eigenvalue weighted by atomic mass is 16.0. The molecule has 0 radical (unpaired) electrons. The third-order valence-corrected chi connectivity index (χ3v) is 2.99. The number of quaternary nitrogens is 2. The van der Waals surface area contributed by atoms with Crippen LogP contribution in [0.1, 0.15) is 0 Å². The summed E-state index contributed by atoms with van der Waals surface area (Å²) in [6, 6.07) is 0. The summed E-state index contributed by atoms with van der Waals surface area (Å²) in [4.78, 5) is 2.98. The second-order valence-corrected chi connectivity index (χ2v) is 3.81. The molecule has 0 aromatic carbocycles. The Kier molecular flexibility index (Phi) is 3.98. The lowest BCUT2D eigenvalue weighted by Crippen LogP contribution is -3.20. The molecule has 4 N–H and O–H groups in total. The van der Waals surface area contributed by atoms with Crippen molar-refractivity contribution in [2.24, 2.45) is 0 Å². The van der Waals surface area contributed by atoms with E-state index < -0.39 is 0 Å². The second-order valence-electron chi connectivity index (χ2n) is 3.81. The molecular weight excluding hydrogens is 204 g/mol. The van der Waals surface area contributed by atoms with Crippen LogP contribution < -0.4 is 9.80 Å². The van der Waals surface area contributed by atoms with E-state index in [1.807, 2.05) is 0 Å². The molecule has 3 aliphatic heterocycles. The molecule has 0 fully saturated rings. The van der Waals surface area contributed by atoms with Gasteiger partial charge in [0.2, 0.25) is 0 Å². The van der Waals surface area contributed by atoms with Crippen molar-refractivity contribution in [3.8, 4) is 0 Å². The van der Waals surface area contributed by atoms with Crippen LogP contribution in [0, 0.1) is 0 Å². The number of hydrogen-bond acceptors (Lipinski definition) is 2. The van der Waals surface area contributed by atoms with E-state index in [0.717, 1.165) is 0 Å². The summed E-state index contributed by atoms with van der Waals surface area (Å²) in [5.41, 5.74) is 2.85. The molecule has 0 spiro atoms. The third-order valence-electron chi connectivity index (χ3n) is 2.99. The molecule has 4 heteroatoms. The van der Waals surface area contributed by atoms with Crippen LogP contribution in [0.25, 0.3) is 0 Å². The first-order chi connectivity index (χ1) is 6.95. The maximum absolute atomic E-state index is 2.24. The van der Waals surface area contributed by atoms with Gasteiger partial charge in [0.25, 0.3) is 0 Å². The van der Waals surface area contributed by atoms with Crippen LogP contribution in [0.5, 0.6) is 0 Å². The van der Waals surface area contributed by atoms with Gasteiger partial charge in [0.05, 0.1) is 12.4 Å². The van der Waals surface area contributed by atoms with Crippen molar-refractivity contribution in [1.29, 1.82) is 0 Å². The van der Waals surface area contributed by atoms with E-state index in [0.29, 0.717) is 0 Å². The third kappa shape index (κ3) is 1.91. The topological polar surface area (TPSA) is 68.9 Å². The van der Waals surface area contributed by atoms with E-state index in [1.165, 1.54) is 34.3 Å². The van der Waals surface area contributed by atoms with Crippen LogP contribution in [0.15, 0.2) is 60.3 Å². The van der Waals surface area contributed by atoms with Gasteiger partial charge in [-0.25, -0.2) is 0 Å². The Morgan fingerprint density at radius 1 is 0.688 bits per heavy atom. The Hall–Kier alpha value is -1.46. The van der Waals surface area contributed by atoms with E-state index in [1.54, 1.807) is 0 Å². The molecule has 16 heavy (non-hydrogen) atoms. The van der Waals surface area contributed by atoms with Crippen molar-refractivity contribution in [3.05, 3.63) is 60.3 Å². The Balaban J connectivity index is 0.000000640. The molecule has 0 amide bonds. The second kappa shape index (κ2) is 5.05. The van der Waals surface area contributed by atoms with E-state index in [9.17, 15) is 0 Å². The van der Waals surface area contributed by atoms with E-state index >= 15 is 0 Å². The van der Waals surface area contributed by atoms with E-state index in [4.69, 9.17) is 0 Å². The average Bonchev–Trinajstić information content (AvgIpc) is 2.29. The SMILES string of the molecule is C1=CC2=C3C=CC=C[NH+]3CC[NH+]2C=C1.[OH-].[OH-]. The highest BCUT2D eigenvalue weighted by Crippen LogP contribution is 2.03. The van der Waals surface area contributed by atoms with Crippen LogP contribution in [0.2, 0.25) is 0 Å². The lowest BCUT2D eigenvalue weighted by Gasteiger charge is -2.28. The number of allylic oxidation sites excluding steroid dienone is 6. The average molecular weight is 220 g/mol. The van der Waals surface area contributed by atoms with Crippen LogP contribution in [-0.4, -0.2) is 24.0 Å². The molecule has 2 atom stereocenters. The monoisotopic (exact) mass is 220 g/mol. The van der Waals surface area contributed by atoms with Gasteiger partial charge >= 0.3 is 0 Å². The molecule has 0 saturated heterocycles. The molecule has 0 aliphatic carbocycles. The van der Waals surface area contributed by atoms with Crippen molar-refractivity contribution in [3.63, 3.8) is 0 Å². The fourth-order valence-corrected chi connectivity index (χ4v) is 2.27. The molecule has 86 valence electrons. The van der Waals surface area contributed by atoms with Crippen molar-refractivity contribution in [1.82, 2.24) is 0 Å². The van der Waals surface area contributed by atoms with E-state index in [2.05, 4.69) is 48.9 Å². The predicted molar refractivity (Wildman–Crippen MR) is 59.1 cm³/mol. The standard InChI is InChI=1S/C12H12N2.2H2O/c1-3-7-13-9-10-14-8-4-2-6-12(14)11(13)5-1;;/h1-8H,9-10H2;2*1H2. The number of hydrogen-bond donors (Lipinski definition) is 2. The zero-order valence-corrected chi connectivity index (χ0v) is 8.93. The molecule has 3 rings (SSSR count). The lowest BCUT2D eigenvalue weighted by molar-refractivity contribution is -0.898. The summed E-state index contributed by atoms with van der Waals surface area (Å²) in [7, 11) is 0. The minimum absolute atomic E-state index is 0. The van der Waals surface area contributed by atoms with Crippen molar-refractivity contribution < 1.29 is 20.8 Å². The van der Waals surface area contributed by atoms with Gasteiger partial charge in [-0.05, 0) is 12.2 Å². The smallest absolute Gasteiger partial charge is 0.197 e. The number of rotatable bonds is 0. The Morgan fingerprint density at radius 3 is 1.56 bits per heavy atom. The van der Waals surface area contributed by atoms with Gasteiger partial charge < -0.3 is 11.0 Å². The summed E-state index contributed by atoms with van der Waals surface area (Å²) in [6.07, 6.45) is 17.5. The minimum Gasteiger partial charge on any atom is -0.870 e. The van der Waals surface area contributed by atoms with E-state index in [-0.39, 0.29) is 11.0 Å². The Labute approximate surface area is 94.8 Å². The first kappa shape index (κ1) is 12.6. The molecule has 4 nitrogen and oxygen atoms in total. The largest absolute Gasteiger partial charge is 0.870 e. The molecular formula is C12H16N2O2. The number of nitrogens with one attached hydrogen (secondary N) is 2. The summed E-state index contributed by atoms with van der Waals surface area (Å²) in [6.45, 7) is 2.38. The first-order valence-corrected chi connectivity index (χ1v) is 5.11. The quantitative estimate of drug-likeness (QED) is 0.538. The summed E-state index contributed by atoms with van der Waals surface area (Å²) in [5, 5.41) is 0. The molecule has 0 aromatic heterocycles. The van der Waals surface area contributed by atoms with Crippen molar-refractivity contribution in [2.75, 3.05) is 13.1 Å². The molecule has 3 heterocycles. The Bertz CT molecular complexity index is 367. The Morgan fingerprint density at radius 2 is 1.12 bits per heavy atom. The zero-order chi connectivity index (χ0) is 9.38. The summed E-state index contributed by atoms with van der Waals surface area (Å²) >= 11 is 0. The number of fused-ring (bicyclic) bond motifs is 2. The van der Waals surface area contributed by atoms with Gasteiger partial charge in [0.15, 0.2) is 11.4 Å². The van der Waals surface area contributed by atoms with Gasteiger partial charge in [0, 0.05) is 12.2 Å². The van der Waals surface area contributed by atoms with Gasteiger partial charge in [-0.2, -0.15) is 0 Å². The van der Waals surface area contributed by atoms with Gasteiger partial charge in [-0.15, -0.1) is 0 Å². The highest BCUT2D eigenvalue weighted by molar-refractivity contribution is 5.30. The van der Waals surface area contributed by atoms with Gasteiger partial charge in [-0.3, -0.25) is 9.80 Å². The van der Waals surface area contributed by atoms with Crippen LogP contribution in [-0.2, 0) is 0 Å². The maximum Gasteiger partial charge on any atom is 0.197 e. The minimum atomic E-state index is 0. The first-order valence-electron chi connectivity index (χ1n) is 5.11. The fraction of sp³-hybridized carbons (Fsp3) is 0.167. The zero-order valence-electron chi connectivity index (χ0n) is 8.93. The molecule has 3 aliphatic rings. The normalized spacial score (nSPS) is 29.0. The maximum atomic E-state index is 2.24. The summed E-state index contributed by atoms with van der Waals surface area (Å²) < 4.78 is 0. The van der Waals surface area contributed by atoms with Crippen molar-refractivity contribution >= 4 is 0 Å². The van der Waals surface area contributed by atoms with Gasteiger partial charge in [0.1, 0.15) is 13.1 Å². The molecule has 0 bridgehead atoms. The molecule has 0 aromatic rings. The molecule has 2 unspecified atom stereocenters. The predicted octanol–water partition coefficient (Wildman–Crippen LogP) is -1.21. The highest BCUT2D eigenvalue weighted by Gasteiger charge is 2.30. The fourth-order valence-electron chi connectivity index (χ4n) is 2.27.